The van der Waals surface area contributed by atoms with Crippen LogP contribution in [0.15, 0.2) is 22.7 Å². The second-order valence-corrected chi connectivity index (χ2v) is 8.91. The average Bonchev–Trinajstić information content (AvgIpc) is 3.27. The number of carbonyl (C=O) groups is 4. The molecular formula is C22H22ClFN4O6. The largest absolute Gasteiger partial charge is 0.452 e. The van der Waals surface area contributed by atoms with Crippen LogP contribution in [0.5, 0.6) is 0 Å². The van der Waals surface area contributed by atoms with Crippen molar-refractivity contribution in [1.29, 1.82) is 0 Å². The number of nitrogens with one attached hydrogen (secondary N) is 2. The lowest BCUT2D eigenvalue weighted by Gasteiger charge is -2.33. The van der Waals surface area contributed by atoms with Gasteiger partial charge in [0.1, 0.15) is 28.4 Å². The van der Waals surface area contributed by atoms with Gasteiger partial charge in [0.2, 0.25) is 0 Å². The predicted molar refractivity (Wildman–Crippen MR) is 116 cm³/mol. The number of ether oxygens (including phenoxy) is 1. The van der Waals surface area contributed by atoms with E-state index in [4.69, 9.17) is 20.9 Å². The summed E-state index contributed by atoms with van der Waals surface area (Å²) in [7, 11) is 0. The molecule has 2 fully saturated rings. The highest BCUT2D eigenvalue weighted by Crippen LogP contribution is 2.36. The molecule has 1 aliphatic heterocycles. The van der Waals surface area contributed by atoms with Gasteiger partial charge in [0.15, 0.2) is 6.61 Å². The number of halogens is 2. The summed E-state index contributed by atoms with van der Waals surface area (Å²) >= 11 is 6.06. The number of aryl methyl sites for hydroxylation is 1. The molecule has 2 heterocycles. The van der Waals surface area contributed by atoms with E-state index in [0.717, 1.165) is 18.9 Å². The van der Waals surface area contributed by atoms with Crippen LogP contribution in [0.1, 0.15) is 48.7 Å². The first-order chi connectivity index (χ1) is 16.1. The van der Waals surface area contributed by atoms with Crippen LogP contribution in [0.2, 0.25) is 5.02 Å². The molecule has 34 heavy (non-hydrogen) atoms. The first-order valence-electron chi connectivity index (χ1n) is 10.7. The van der Waals surface area contributed by atoms with Gasteiger partial charge in [0.25, 0.3) is 11.8 Å². The molecule has 2 N–H and O–H groups in total. The standard InChI is InChI=1S/C22H22ClFN4O6/c1-11-6-8-22(9-7-11)20(31)28(21(32)25-22)26-15(29)10-33-19(30)16-12(2)34-27-18(16)17-13(23)4-3-5-14(17)24/h3-5,11H,6-10H2,1-2H3,(H,25,32)(H,26,29). The van der Waals surface area contributed by atoms with E-state index in [0.29, 0.717) is 23.8 Å². The molecule has 1 aromatic heterocycles. The van der Waals surface area contributed by atoms with E-state index >= 15 is 0 Å². The zero-order valence-electron chi connectivity index (χ0n) is 18.4. The zero-order valence-corrected chi connectivity index (χ0v) is 19.2. The minimum absolute atomic E-state index is 0.00434. The van der Waals surface area contributed by atoms with Gasteiger partial charge in [-0.1, -0.05) is 29.7 Å². The minimum atomic E-state index is -1.03. The van der Waals surface area contributed by atoms with Crippen molar-refractivity contribution in [3.05, 3.63) is 40.4 Å². The Hall–Kier alpha value is -3.47. The van der Waals surface area contributed by atoms with Crippen LogP contribution < -0.4 is 10.7 Å². The van der Waals surface area contributed by atoms with Gasteiger partial charge in [-0.25, -0.2) is 14.0 Å². The molecule has 2 aliphatic rings. The molecule has 2 aromatic rings. The van der Waals surface area contributed by atoms with Gasteiger partial charge in [-0.2, -0.15) is 5.01 Å². The lowest BCUT2D eigenvalue weighted by atomic mass is 9.77. The number of nitrogens with zero attached hydrogens (tertiary/aromatic N) is 2. The summed E-state index contributed by atoms with van der Waals surface area (Å²) in [5.41, 5.74) is 0.624. The molecule has 180 valence electrons. The molecule has 1 spiro atoms. The maximum Gasteiger partial charge on any atom is 0.344 e. The van der Waals surface area contributed by atoms with Gasteiger partial charge in [0, 0.05) is 0 Å². The van der Waals surface area contributed by atoms with Crippen molar-refractivity contribution in [3.63, 3.8) is 0 Å². The Bertz CT molecular complexity index is 1150. The number of hydrogen-bond acceptors (Lipinski definition) is 7. The Morgan fingerprint density at radius 2 is 2.06 bits per heavy atom. The van der Waals surface area contributed by atoms with E-state index in [2.05, 4.69) is 22.8 Å². The Morgan fingerprint density at radius 3 is 2.74 bits per heavy atom. The summed E-state index contributed by atoms with van der Waals surface area (Å²) in [6, 6.07) is 3.21. The molecule has 0 bridgehead atoms. The number of carbonyl (C=O) groups excluding carboxylic acids is 4. The summed E-state index contributed by atoms with van der Waals surface area (Å²) in [5, 5.41) is 6.99. The van der Waals surface area contributed by atoms with Crippen molar-refractivity contribution in [2.75, 3.05) is 6.61 Å². The molecule has 1 aromatic carbocycles. The number of hydrazine groups is 1. The monoisotopic (exact) mass is 492 g/mol. The summed E-state index contributed by atoms with van der Waals surface area (Å²) in [6.45, 7) is 2.68. The number of esters is 1. The predicted octanol–water partition coefficient (Wildman–Crippen LogP) is 3.13. The molecule has 4 amide bonds. The molecule has 1 aliphatic carbocycles. The second-order valence-electron chi connectivity index (χ2n) is 8.51. The van der Waals surface area contributed by atoms with Crippen LogP contribution in [0.3, 0.4) is 0 Å². The highest BCUT2D eigenvalue weighted by atomic mass is 35.5. The topological polar surface area (TPSA) is 131 Å². The van der Waals surface area contributed by atoms with Crippen LogP contribution in [0, 0.1) is 18.7 Å². The smallest absolute Gasteiger partial charge is 0.344 e. The Morgan fingerprint density at radius 1 is 1.35 bits per heavy atom. The number of hydrogen-bond donors (Lipinski definition) is 2. The molecule has 10 nitrogen and oxygen atoms in total. The average molecular weight is 493 g/mol. The lowest BCUT2D eigenvalue weighted by molar-refractivity contribution is -0.141. The van der Waals surface area contributed by atoms with Crippen molar-refractivity contribution in [1.82, 2.24) is 20.9 Å². The maximum atomic E-state index is 14.3. The van der Waals surface area contributed by atoms with Gasteiger partial charge in [-0.3, -0.25) is 15.0 Å². The molecule has 0 atom stereocenters. The van der Waals surface area contributed by atoms with Crippen molar-refractivity contribution >= 4 is 35.4 Å². The van der Waals surface area contributed by atoms with E-state index < -0.39 is 41.8 Å². The van der Waals surface area contributed by atoms with Gasteiger partial charge < -0.3 is 14.6 Å². The quantitative estimate of drug-likeness (QED) is 0.484. The van der Waals surface area contributed by atoms with Gasteiger partial charge in [-0.05, 0) is 50.7 Å². The molecule has 4 rings (SSSR count). The second kappa shape index (κ2) is 9.05. The van der Waals surface area contributed by atoms with Crippen molar-refractivity contribution < 1.29 is 32.8 Å². The number of urea groups is 1. The van der Waals surface area contributed by atoms with Crippen LogP contribution in [0.4, 0.5) is 9.18 Å². The number of amides is 4. The van der Waals surface area contributed by atoms with Crippen LogP contribution in [0.25, 0.3) is 11.3 Å². The number of imide groups is 1. The number of rotatable bonds is 5. The fourth-order valence-corrected chi connectivity index (χ4v) is 4.44. The number of benzene rings is 1. The fraction of sp³-hybridized carbons (Fsp3) is 0.409. The SMILES string of the molecule is Cc1onc(-c2c(F)cccc2Cl)c1C(=O)OCC(=O)NN1C(=O)NC2(CCC(C)CC2)C1=O. The summed E-state index contributed by atoms with van der Waals surface area (Å²) in [6.07, 6.45) is 2.51. The van der Waals surface area contributed by atoms with E-state index in [-0.39, 0.29) is 27.6 Å². The van der Waals surface area contributed by atoms with Crippen LogP contribution >= 0.6 is 11.6 Å². The fourth-order valence-electron chi connectivity index (χ4n) is 4.18. The molecule has 1 saturated heterocycles. The molecular weight excluding hydrogens is 471 g/mol. The number of aromatic nitrogens is 1. The Kier molecular flexibility index (Phi) is 6.30. The third-order valence-electron chi connectivity index (χ3n) is 6.13. The molecule has 0 radical (unpaired) electrons. The van der Waals surface area contributed by atoms with E-state index in [1.165, 1.54) is 19.1 Å². The van der Waals surface area contributed by atoms with Crippen molar-refractivity contribution in [3.8, 4) is 11.3 Å². The van der Waals surface area contributed by atoms with Gasteiger partial charge >= 0.3 is 12.0 Å². The zero-order chi connectivity index (χ0) is 24.6. The van der Waals surface area contributed by atoms with E-state index in [9.17, 15) is 23.6 Å². The summed E-state index contributed by atoms with van der Waals surface area (Å²) in [5.74, 6) is -2.71. The van der Waals surface area contributed by atoms with E-state index in [1.54, 1.807) is 0 Å². The Labute approximate surface area is 198 Å². The summed E-state index contributed by atoms with van der Waals surface area (Å²) in [4.78, 5) is 50.1. The van der Waals surface area contributed by atoms with Gasteiger partial charge in [0.05, 0.1) is 10.6 Å². The van der Waals surface area contributed by atoms with Crippen LogP contribution in [-0.4, -0.2) is 46.1 Å². The first kappa shape index (κ1) is 23.7. The third-order valence-corrected chi connectivity index (χ3v) is 6.44. The van der Waals surface area contributed by atoms with E-state index in [1.807, 2.05) is 0 Å². The third kappa shape index (κ3) is 4.23. The highest BCUT2D eigenvalue weighted by molar-refractivity contribution is 6.33. The van der Waals surface area contributed by atoms with Crippen molar-refractivity contribution in [2.24, 2.45) is 5.92 Å². The molecule has 1 saturated carbocycles. The summed E-state index contributed by atoms with van der Waals surface area (Å²) < 4.78 is 24.3. The Balaban J connectivity index is 1.42. The molecule has 0 unspecified atom stereocenters. The first-order valence-corrected chi connectivity index (χ1v) is 11.0. The molecule has 12 heteroatoms. The van der Waals surface area contributed by atoms with Gasteiger partial charge in [-0.15, -0.1) is 0 Å². The maximum absolute atomic E-state index is 14.3. The lowest BCUT2D eigenvalue weighted by Crippen LogP contribution is -2.52. The minimum Gasteiger partial charge on any atom is -0.452 e. The van der Waals surface area contributed by atoms with Crippen LogP contribution in [-0.2, 0) is 14.3 Å². The van der Waals surface area contributed by atoms with Crippen molar-refractivity contribution in [2.45, 2.75) is 45.1 Å². The normalized spacial score (nSPS) is 22.1. The highest BCUT2D eigenvalue weighted by Gasteiger charge is 2.52.